The Balaban J connectivity index is 2.06. The second kappa shape index (κ2) is 13.5. The number of aryl methyl sites for hydroxylation is 1. The maximum absolute atomic E-state index is 13.9. The molecule has 40 heavy (non-hydrogen) atoms. The van der Waals surface area contributed by atoms with Crippen LogP contribution in [0.3, 0.4) is 0 Å². The second-order valence-electron chi connectivity index (χ2n) is 9.56. The lowest BCUT2D eigenvalue weighted by molar-refractivity contribution is -0.139. The van der Waals surface area contributed by atoms with Gasteiger partial charge in [0.2, 0.25) is 11.8 Å². The van der Waals surface area contributed by atoms with E-state index in [-0.39, 0.29) is 33.2 Å². The molecule has 0 aliphatic heterocycles. The number of hydrogen-bond donors (Lipinski definition) is 1. The van der Waals surface area contributed by atoms with Gasteiger partial charge < -0.3 is 10.2 Å². The molecular formula is C29H32Cl2FN3O4S. The fourth-order valence-electron chi connectivity index (χ4n) is 3.86. The summed E-state index contributed by atoms with van der Waals surface area (Å²) < 4.78 is 42.2. The Morgan fingerprint density at radius 3 is 2.20 bits per heavy atom. The third-order valence-corrected chi connectivity index (χ3v) is 8.83. The van der Waals surface area contributed by atoms with Crippen molar-refractivity contribution in [3.63, 3.8) is 0 Å². The molecule has 7 nitrogen and oxygen atoms in total. The molecule has 0 spiro atoms. The van der Waals surface area contributed by atoms with Crippen molar-refractivity contribution in [1.29, 1.82) is 0 Å². The van der Waals surface area contributed by atoms with Crippen LogP contribution >= 0.6 is 23.2 Å². The van der Waals surface area contributed by atoms with Gasteiger partial charge in [0.15, 0.2) is 0 Å². The fraction of sp³-hybridized carbons (Fsp3) is 0.310. The number of halogens is 3. The van der Waals surface area contributed by atoms with Gasteiger partial charge in [-0.25, -0.2) is 12.8 Å². The lowest BCUT2D eigenvalue weighted by atomic mass is 10.1. The van der Waals surface area contributed by atoms with Gasteiger partial charge in [-0.2, -0.15) is 0 Å². The Morgan fingerprint density at radius 1 is 0.975 bits per heavy atom. The highest BCUT2D eigenvalue weighted by molar-refractivity contribution is 7.92. The number of amides is 2. The van der Waals surface area contributed by atoms with E-state index in [9.17, 15) is 22.4 Å². The zero-order chi connectivity index (χ0) is 29.6. The fourth-order valence-corrected chi connectivity index (χ4v) is 5.72. The van der Waals surface area contributed by atoms with Gasteiger partial charge in [-0.05, 0) is 75.2 Å². The molecule has 2 atom stereocenters. The highest BCUT2D eigenvalue weighted by Gasteiger charge is 2.33. The first kappa shape index (κ1) is 31.4. The molecule has 3 rings (SSSR count). The second-order valence-corrected chi connectivity index (χ2v) is 12.3. The van der Waals surface area contributed by atoms with Gasteiger partial charge in [0, 0.05) is 17.6 Å². The molecule has 0 radical (unpaired) electrons. The van der Waals surface area contributed by atoms with Crippen LogP contribution in [-0.4, -0.2) is 43.8 Å². The van der Waals surface area contributed by atoms with Crippen LogP contribution < -0.4 is 9.62 Å². The number of sulfonamides is 1. The average Bonchev–Trinajstić information content (AvgIpc) is 2.92. The van der Waals surface area contributed by atoms with Crippen molar-refractivity contribution in [3.8, 4) is 0 Å². The first-order chi connectivity index (χ1) is 18.8. The molecule has 0 heterocycles. The molecule has 0 saturated heterocycles. The maximum Gasteiger partial charge on any atom is 0.264 e. The summed E-state index contributed by atoms with van der Waals surface area (Å²) in [6.07, 6.45) is 0.681. The molecule has 11 heteroatoms. The van der Waals surface area contributed by atoms with Crippen LogP contribution in [0, 0.1) is 12.7 Å². The molecule has 0 saturated carbocycles. The van der Waals surface area contributed by atoms with Crippen LogP contribution in [0.4, 0.5) is 10.1 Å². The zero-order valence-corrected chi connectivity index (χ0v) is 25.0. The third-order valence-electron chi connectivity index (χ3n) is 6.50. The number of benzene rings is 3. The van der Waals surface area contributed by atoms with E-state index >= 15 is 0 Å². The van der Waals surface area contributed by atoms with E-state index in [0.29, 0.717) is 12.0 Å². The number of carbonyl (C=O) groups excluding carboxylic acids is 2. The van der Waals surface area contributed by atoms with Crippen LogP contribution in [0.2, 0.25) is 10.0 Å². The molecule has 0 aliphatic carbocycles. The summed E-state index contributed by atoms with van der Waals surface area (Å²) in [6, 6.07) is 14.9. The number of anilines is 1. The van der Waals surface area contributed by atoms with Gasteiger partial charge in [0.25, 0.3) is 10.0 Å². The van der Waals surface area contributed by atoms with Gasteiger partial charge in [0.05, 0.1) is 15.6 Å². The Morgan fingerprint density at radius 2 is 1.60 bits per heavy atom. The molecule has 3 aromatic rings. The average molecular weight is 609 g/mol. The predicted molar refractivity (Wildman–Crippen MR) is 156 cm³/mol. The van der Waals surface area contributed by atoms with Gasteiger partial charge in [0.1, 0.15) is 18.4 Å². The maximum atomic E-state index is 13.9. The molecule has 2 amide bonds. The Kier molecular flexibility index (Phi) is 10.6. The van der Waals surface area contributed by atoms with Crippen molar-refractivity contribution < 1.29 is 22.4 Å². The zero-order valence-electron chi connectivity index (χ0n) is 22.7. The minimum absolute atomic E-state index is 0.0153. The monoisotopic (exact) mass is 607 g/mol. The minimum atomic E-state index is -4.29. The molecule has 0 bridgehead atoms. The summed E-state index contributed by atoms with van der Waals surface area (Å²) >= 11 is 12.6. The van der Waals surface area contributed by atoms with E-state index in [1.165, 1.54) is 59.5 Å². The van der Waals surface area contributed by atoms with Gasteiger partial charge in [-0.15, -0.1) is 0 Å². The topological polar surface area (TPSA) is 86.8 Å². The Labute approximate surface area is 244 Å². The smallest absolute Gasteiger partial charge is 0.264 e. The predicted octanol–water partition coefficient (Wildman–Crippen LogP) is 5.97. The summed E-state index contributed by atoms with van der Waals surface area (Å²) in [6.45, 7) is 6.41. The van der Waals surface area contributed by atoms with Gasteiger partial charge in [-0.3, -0.25) is 13.9 Å². The van der Waals surface area contributed by atoms with Gasteiger partial charge >= 0.3 is 0 Å². The SMILES string of the molecule is CC[C@@H](C)NC(=O)[C@H](C)N(Cc1ccc(F)cc1)C(=O)CN(c1cc(Cl)ccc1Cl)S(=O)(=O)c1ccc(C)cc1. The van der Waals surface area contributed by atoms with Crippen molar-refractivity contribution in [1.82, 2.24) is 10.2 Å². The molecule has 0 aromatic heterocycles. The number of rotatable bonds is 11. The van der Waals surface area contributed by atoms with Crippen molar-refractivity contribution in [2.45, 2.75) is 57.6 Å². The van der Waals surface area contributed by atoms with E-state index in [1.807, 2.05) is 20.8 Å². The third kappa shape index (κ3) is 7.74. The first-order valence-electron chi connectivity index (χ1n) is 12.7. The highest BCUT2D eigenvalue weighted by atomic mass is 35.5. The minimum Gasteiger partial charge on any atom is -0.352 e. The molecule has 0 fully saturated rings. The largest absolute Gasteiger partial charge is 0.352 e. The lowest BCUT2D eigenvalue weighted by Crippen LogP contribution is -2.52. The van der Waals surface area contributed by atoms with Crippen LogP contribution in [0.25, 0.3) is 0 Å². The summed E-state index contributed by atoms with van der Waals surface area (Å²) in [7, 11) is -4.29. The molecule has 0 aliphatic rings. The lowest BCUT2D eigenvalue weighted by Gasteiger charge is -2.32. The van der Waals surface area contributed by atoms with E-state index in [0.717, 1.165) is 9.87 Å². The van der Waals surface area contributed by atoms with Crippen LogP contribution in [0.15, 0.2) is 71.6 Å². The van der Waals surface area contributed by atoms with Gasteiger partial charge in [-0.1, -0.05) is 60.0 Å². The number of nitrogens with zero attached hydrogens (tertiary/aromatic N) is 2. The van der Waals surface area contributed by atoms with Crippen molar-refractivity contribution in [2.75, 3.05) is 10.8 Å². The molecule has 1 N–H and O–H groups in total. The van der Waals surface area contributed by atoms with Crippen molar-refractivity contribution >= 4 is 50.7 Å². The van der Waals surface area contributed by atoms with E-state index in [4.69, 9.17) is 23.2 Å². The highest BCUT2D eigenvalue weighted by Crippen LogP contribution is 2.33. The van der Waals surface area contributed by atoms with Crippen LogP contribution in [-0.2, 0) is 26.2 Å². The molecule has 214 valence electrons. The summed E-state index contributed by atoms with van der Waals surface area (Å²) in [4.78, 5) is 28.2. The molecule has 3 aromatic carbocycles. The molecule has 0 unspecified atom stereocenters. The molecular weight excluding hydrogens is 576 g/mol. The van der Waals surface area contributed by atoms with E-state index in [1.54, 1.807) is 19.1 Å². The summed E-state index contributed by atoms with van der Waals surface area (Å²) in [5.74, 6) is -1.52. The Bertz CT molecular complexity index is 1450. The number of carbonyl (C=O) groups is 2. The summed E-state index contributed by atoms with van der Waals surface area (Å²) in [5, 5.41) is 3.15. The van der Waals surface area contributed by atoms with Crippen molar-refractivity contribution in [3.05, 3.63) is 93.7 Å². The number of hydrogen-bond acceptors (Lipinski definition) is 4. The normalized spacial score (nSPS) is 12.9. The van der Waals surface area contributed by atoms with Crippen molar-refractivity contribution in [2.24, 2.45) is 0 Å². The van der Waals surface area contributed by atoms with Crippen LogP contribution in [0.1, 0.15) is 38.3 Å². The Hall–Kier alpha value is -3.14. The summed E-state index contributed by atoms with van der Waals surface area (Å²) in [5.41, 5.74) is 1.43. The van der Waals surface area contributed by atoms with Crippen LogP contribution in [0.5, 0.6) is 0 Å². The first-order valence-corrected chi connectivity index (χ1v) is 14.9. The quantitative estimate of drug-likeness (QED) is 0.291. The van der Waals surface area contributed by atoms with E-state index < -0.39 is 40.2 Å². The number of nitrogens with one attached hydrogen (secondary N) is 1. The van der Waals surface area contributed by atoms with E-state index in [2.05, 4.69) is 5.32 Å². The standard InChI is InChI=1S/C29H32Cl2FN3O4S/c1-5-20(3)33-29(37)21(4)34(17-22-8-11-24(32)12-9-22)28(36)18-35(27-16-23(30)10-15-26(27)31)40(38,39)25-13-6-19(2)7-14-25/h6-16,20-21H,5,17-18H2,1-4H3,(H,33,37)/t20-,21+/m1/s1.